The Morgan fingerprint density at radius 1 is 1.43 bits per heavy atom. The van der Waals surface area contributed by atoms with Gasteiger partial charge in [0.05, 0.1) is 6.33 Å². The molecular weight excluding hydrogens is 184 g/mol. The van der Waals surface area contributed by atoms with E-state index in [1.165, 1.54) is 11.2 Å². The van der Waals surface area contributed by atoms with Gasteiger partial charge in [0.15, 0.2) is 5.69 Å². The van der Waals surface area contributed by atoms with Crippen LogP contribution in [-0.4, -0.2) is 50.3 Å². The van der Waals surface area contributed by atoms with Crippen LogP contribution in [0.5, 0.6) is 0 Å². The minimum absolute atomic E-state index is 0.228. The first kappa shape index (κ1) is 8.54. The van der Waals surface area contributed by atoms with Gasteiger partial charge in [0.1, 0.15) is 5.52 Å². The van der Waals surface area contributed by atoms with Crippen LogP contribution in [0.25, 0.3) is 11.2 Å². The number of amides is 1. The molecule has 0 saturated heterocycles. The Morgan fingerprint density at radius 3 is 2.93 bits per heavy atom. The van der Waals surface area contributed by atoms with E-state index in [4.69, 9.17) is 0 Å². The van der Waals surface area contributed by atoms with E-state index in [2.05, 4.69) is 25.4 Å². The highest BCUT2D eigenvalue weighted by atomic mass is 16.2. The molecule has 2 heterocycles. The molecule has 0 radical (unpaired) electrons. The molecule has 7 heteroatoms. The summed E-state index contributed by atoms with van der Waals surface area (Å²) in [4.78, 5) is 19.7. The Bertz CT molecular complexity index is 476. The quantitative estimate of drug-likeness (QED) is 0.655. The molecule has 0 unspecified atom stereocenters. The van der Waals surface area contributed by atoms with Crippen molar-refractivity contribution in [2.45, 2.75) is 0 Å². The number of imidazole rings is 1. The molecule has 0 aliphatic rings. The van der Waals surface area contributed by atoms with Gasteiger partial charge in [0.2, 0.25) is 5.65 Å². The summed E-state index contributed by atoms with van der Waals surface area (Å²) in [6.07, 6.45) is 1.45. The highest BCUT2D eigenvalue weighted by Gasteiger charge is 2.16. The highest BCUT2D eigenvalue weighted by Crippen LogP contribution is 2.09. The van der Waals surface area contributed by atoms with Gasteiger partial charge in [-0.1, -0.05) is 0 Å². The second-order valence-corrected chi connectivity index (χ2v) is 2.94. The third-order valence-electron chi connectivity index (χ3n) is 1.75. The van der Waals surface area contributed by atoms with Crippen molar-refractivity contribution in [2.24, 2.45) is 0 Å². The van der Waals surface area contributed by atoms with Gasteiger partial charge < -0.3 is 9.88 Å². The predicted octanol–water partition coefficient (Wildman–Crippen LogP) is -0.550. The molecule has 72 valence electrons. The number of rotatable bonds is 1. The van der Waals surface area contributed by atoms with Crippen molar-refractivity contribution in [1.29, 1.82) is 0 Å². The summed E-state index contributed by atoms with van der Waals surface area (Å²) in [6, 6.07) is 0. The van der Waals surface area contributed by atoms with E-state index in [9.17, 15) is 4.79 Å². The Hall–Kier alpha value is -2.05. The van der Waals surface area contributed by atoms with Crippen LogP contribution in [0.2, 0.25) is 0 Å². The van der Waals surface area contributed by atoms with Gasteiger partial charge in [-0.25, -0.2) is 4.98 Å². The third kappa shape index (κ3) is 1.18. The number of hydrogen-bond acceptors (Lipinski definition) is 5. The normalized spacial score (nSPS) is 10.4. The van der Waals surface area contributed by atoms with Crippen molar-refractivity contribution in [3.63, 3.8) is 0 Å². The number of carbonyl (C=O) groups excluding carboxylic acids is 1. The lowest BCUT2D eigenvalue weighted by Gasteiger charge is -2.08. The number of nitrogens with zero attached hydrogens (tertiary/aromatic N) is 5. The van der Waals surface area contributed by atoms with E-state index in [1.54, 1.807) is 14.1 Å². The van der Waals surface area contributed by atoms with Crippen LogP contribution in [0, 0.1) is 0 Å². The van der Waals surface area contributed by atoms with E-state index in [0.717, 1.165) is 0 Å². The standard InChI is InChI=1S/C7H8N6O/c1-13(2)7(14)5-4-6(9-3-8-4)11-12-10-5/h3H,1-2H3,(H,8,9,10,11). The lowest BCUT2D eigenvalue weighted by molar-refractivity contribution is 0.0822. The average molecular weight is 192 g/mol. The fourth-order valence-corrected chi connectivity index (χ4v) is 1.06. The van der Waals surface area contributed by atoms with Crippen molar-refractivity contribution >= 4 is 17.1 Å². The Labute approximate surface area is 79.2 Å². The molecule has 0 aromatic carbocycles. The lowest BCUT2D eigenvalue weighted by Crippen LogP contribution is -2.23. The molecule has 0 bridgehead atoms. The SMILES string of the molecule is CN(C)C(=O)c1nnnc2nc[nH]c12. The van der Waals surface area contributed by atoms with Crippen LogP contribution >= 0.6 is 0 Å². The molecule has 1 N–H and O–H groups in total. The second kappa shape index (κ2) is 3.02. The van der Waals surface area contributed by atoms with Crippen LogP contribution in [0.4, 0.5) is 0 Å². The van der Waals surface area contributed by atoms with E-state index in [1.807, 2.05) is 0 Å². The summed E-state index contributed by atoms with van der Waals surface area (Å²) in [7, 11) is 3.29. The molecule has 0 fully saturated rings. The summed E-state index contributed by atoms with van der Waals surface area (Å²) in [6.45, 7) is 0. The number of carbonyl (C=O) groups is 1. The average Bonchev–Trinajstić information content (AvgIpc) is 2.63. The van der Waals surface area contributed by atoms with Gasteiger partial charge in [-0.3, -0.25) is 4.79 Å². The summed E-state index contributed by atoms with van der Waals surface area (Å²) >= 11 is 0. The predicted molar refractivity (Wildman–Crippen MR) is 47.5 cm³/mol. The maximum Gasteiger partial charge on any atom is 0.276 e. The molecule has 14 heavy (non-hydrogen) atoms. The zero-order valence-corrected chi connectivity index (χ0v) is 7.72. The molecule has 0 aliphatic heterocycles. The molecule has 2 rings (SSSR count). The lowest BCUT2D eigenvalue weighted by atomic mass is 10.3. The van der Waals surface area contributed by atoms with Crippen molar-refractivity contribution in [2.75, 3.05) is 14.1 Å². The fraction of sp³-hybridized carbons (Fsp3) is 0.286. The van der Waals surface area contributed by atoms with Crippen LogP contribution in [0.3, 0.4) is 0 Å². The van der Waals surface area contributed by atoms with E-state index in [0.29, 0.717) is 11.2 Å². The number of aromatic nitrogens is 5. The topological polar surface area (TPSA) is 87.7 Å². The largest absolute Gasteiger partial charge is 0.343 e. The summed E-state index contributed by atoms with van der Waals surface area (Å²) in [5, 5.41) is 10.8. The summed E-state index contributed by atoms with van der Waals surface area (Å²) in [5.74, 6) is -0.228. The van der Waals surface area contributed by atoms with Crippen molar-refractivity contribution < 1.29 is 4.79 Å². The smallest absolute Gasteiger partial charge is 0.276 e. The molecule has 1 amide bonds. The van der Waals surface area contributed by atoms with Gasteiger partial charge in [-0.2, -0.15) is 0 Å². The Morgan fingerprint density at radius 2 is 2.21 bits per heavy atom. The van der Waals surface area contributed by atoms with E-state index in [-0.39, 0.29) is 11.6 Å². The molecule has 7 nitrogen and oxygen atoms in total. The fourth-order valence-electron chi connectivity index (χ4n) is 1.06. The zero-order chi connectivity index (χ0) is 10.1. The third-order valence-corrected chi connectivity index (χ3v) is 1.75. The van der Waals surface area contributed by atoms with Gasteiger partial charge in [0.25, 0.3) is 5.91 Å². The van der Waals surface area contributed by atoms with E-state index >= 15 is 0 Å². The maximum absolute atomic E-state index is 11.6. The van der Waals surface area contributed by atoms with Crippen LogP contribution in [-0.2, 0) is 0 Å². The second-order valence-electron chi connectivity index (χ2n) is 2.94. The van der Waals surface area contributed by atoms with Crippen molar-refractivity contribution in [3.05, 3.63) is 12.0 Å². The van der Waals surface area contributed by atoms with Crippen molar-refractivity contribution in [1.82, 2.24) is 30.3 Å². The van der Waals surface area contributed by atoms with Crippen LogP contribution < -0.4 is 0 Å². The summed E-state index contributed by atoms with van der Waals surface area (Å²) in [5.41, 5.74) is 1.14. The molecule has 2 aromatic heterocycles. The van der Waals surface area contributed by atoms with Crippen LogP contribution in [0.1, 0.15) is 10.5 Å². The minimum atomic E-state index is -0.228. The van der Waals surface area contributed by atoms with Crippen LogP contribution in [0.15, 0.2) is 6.33 Å². The zero-order valence-electron chi connectivity index (χ0n) is 7.72. The first-order chi connectivity index (χ1) is 6.70. The number of H-pyrrole nitrogens is 1. The Balaban J connectivity index is 2.62. The van der Waals surface area contributed by atoms with Gasteiger partial charge >= 0.3 is 0 Å². The van der Waals surface area contributed by atoms with Crippen molar-refractivity contribution in [3.8, 4) is 0 Å². The highest BCUT2D eigenvalue weighted by molar-refractivity contribution is 6.01. The molecule has 2 aromatic rings. The Kier molecular flexibility index (Phi) is 1.84. The maximum atomic E-state index is 11.6. The first-order valence-electron chi connectivity index (χ1n) is 3.94. The van der Waals surface area contributed by atoms with Gasteiger partial charge in [0, 0.05) is 14.1 Å². The number of nitrogens with one attached hydrogen (secondary N) is 1. The van der Waals surface area contributed by atoms with E-state index < -0.39 is 0 Å². The molecule has 0 spiro atoms. The van der Waals surface area contributed by atoms with Gasteiger partial charge in [-0.15, -0.1) is 10.2 Å². The first-order valence-corrected chi connectivity index (χ1v) is 3.94. The monoisotopic (exact) mass is 192 g/mol. The molecular formula is C7H8N6O. The van der Waals surface area contributed by atoms with Gasteiger partial charge in [-0.05, 0) is 5.21 Å². The molecule has 0 atom stereocenters. The number of fused-ring (bicyclic) bond motifs is 1. The molecule has 0 saturated carbocycles. The molecule has 0 aliphatic carbocycles. The summed E-state index contributed by atoms with van der Waals surface area (Å²) < 4.78 is 0. The minimum Gasteiger partial charge on any atom is -0.343 e. The number of hydrogen-bond donors (Lipinski definition) is 1. The number of aromatic amines is 1.